The first kappa shape index (κ1) is 11.0. The Morgan fingerprint density at radius 2 is 2.24 bits per heavy atom. The number of aromatic nitrogens is 3. The fraction of sp³-hybridized carbons (Fsp3) is 0.0909. The number of rotatable bonds is 3. The lowest BCUT2D eigenvalue weighted by Gasteiger charge is -2.04. The fourth-order valence-corrected chi connectivity index (χ4v) is 1.35. The minimum Gasteiger partial charge on any atom is -0.464 e. The SMILES string of the molecule is COC(=O)c1cnc(-n2cccc2C=O)cn1. The second kappa shape index (κ2) is 4.56. The molecule has 0 radical (unpaired) electrons. The molecule has 2 aromatic rings. The Bertz CT molecular complexity index is 545. The van der Waals surface area contributed by atoms with Gasteiger partial charge in [0.05, 0.1) is 25.2 Å². The van der Waals surface area contributed by atoms with Crippen LogP contribution >= 0.6 is 0 Å². The molecule has 0 bridgehead atoms. The third kappa shape index (κ3) is 2.05. The molecule has 0 N–H and O–H groups in total. The lowest BCUT2D eigenvalue weighted by Crippen LogP contribution is -2.07. The van der Waals surface area contributed by atoms with Gasteiger partial charge >= 0.3 is 5.97 Å². The van der Waals surface area contributed by atoms with E-state index in [1.807, 2.05) is 0 Å². The van der Waals surface area contributed by atoms with Gasteiger partial charge in [-0.1, -0.05) is 0 Å². The minimum absolute atomic E-state index is 0.121. The van der Waals surface area contributed by atoms with Gasteiger partial charge in [-0.2, -0.15) is 0 Å². The van der Waals surface area contributed by atoms with Crippen LogP contribution in [0.3, 0.4) is 0 Å². The zero-order chi connectivity index (χ0) is 12.3. The van der Waals surface area contributed by atoms with E-state index < -0.39 is 5.97 Å². The van der Waals surface area contributed by atoms with Gasteiger partial charge in [0, 0.05) is 6.20 Å². The number of carbonyl (C=O) groups is 2. The number of aldehydes is 1. The summed E-state index contributed by atoms with van der Waals surface area (Å²) in [5.41, 5.74) is 0.584. The molecule has 6 heteroatoms. The van der Waals surface area contributed by atoms with E-state index in [2.05, 4.69) is 14.7 Å². The zero-order valence-corrected chi connectivity index (χ0v) is 9.03. The molecule has 0 aliphatic heterocycles. The predicted molar refractivity (Wildman–Crippen MR) is 58.1 cm³/mol. The molecule has 86 valence electrons. The summed E-state index contributed by atoms with van der Waals surface area (Å²) in [5.74, 6) is -0.0862. The first-order chi connectivity index (χ1) is 8.26. The van der Waals surface area contributed by atoms with Crippen molar-refractivity contribution in [2.24, 2.45) is 0 Å². The summed E-state index contributed by atoms with van der Waals surface area (Å²) in [7, 11) is 1.27. The fourth-order valence-electron chi connectivity index (χ4n) is 1.35. The summed E-state index contributed by atoms with van der Waals surface area (Å²) in [6, 6.07) is 3.38. The highest BCUT2D eigenvalue weighted by Crippen LogP contribution is 2.08. The predicted octanol–water partition coefficient (Wildman–Crippen LogP) is 0.866. The Kier molecular flexibility index (Phi) is 2.95. The highest BCUT2D eigenvalue weighted by molar-refractivity contribution is 5.86. The molecule has 0 spiro atoms. The van der Waals surface area contributed by atoms with Crippen LogP contribution in [0.25, 0.3) is 5.82 Å². The van der Waals surface area contributed by atoms with Gasteiger partial charge in [0.1, 0.15) is 0 Å². The molecule has 0 saturated heterocycles. The minimum atomic E-state index is -0.549. The maximum Gasteiger partial charge on any atom is 0.358 e. The van der Waals surface area contributed by atoms with Crippen LogP contribution in [-0.4, -0.2) is 33.9 Å². The highest BCUT2D eigenvalue weighted by atomic mass is 16.5. The molecule has 0 atom stereocenters. The van der Waals surface area contributed by atoms with Crippen LogP contribution in [-0.2, 0) is 4.74 Å². The van der Waals surface area contributed by atoms with Crippen LogP contribution < -0.4 is 0 Å². The second-order valence-electron chi connectivity index (χ2n) is 3.17. The highest BCUT2D eigenvalue weighted by Gasteiger charge is 2.09. The third-order valence-corrected chi connectivity index (χ3v) is 2.18. The normalized spacial score (nSPS) is 9.94. The number of hydrogen-bond acceptors (Lipinski definition) is 5. The lowest BCUT2D eigenvalue weighted by atomic mass is 10.4. The van der Waals surface area contributed by atoms with Gasteiger partial charge in [0.25, 0.3) is 0 Å². The number of esters is 1. The Morgan fingerprint density at radius 1 is 1.41 bits per heavy atom. The molecule has 0 fully saturated rings. The molecule has 2 aromatic heterocycles. The van der Waals surface area contributed by atoms with Gasteiger partial charge in [-0.3, -0.25) is 9.36 Å². The van der Waals surface area contributed by atoms with Crippen molar-refractivity contribution in [2.45, 2.75) is 0 Å². The number of nitrogens with zero attached hydrogens (tertiary/aromatic N) is 3. The average molecular weight is 231 g/mol. The van der Waals surface area contributed by atoms with Crippen LogP contribution in [0, 0.1) is 0 Å². The molecule has 2 rings (SSSR count). The number of carbonyl (C=O) groups excluding carboxylic acids is 2. The molecular formula is C11H9N3O3. The molecule has 0 amide bonds. The summed E-state index contributed by atoms with van der Waals surface area (Å²) in [6.45, 7) is 0. The van der Waals surface area contributed by atoms with E-state index in [-0.39, 0.29) is 5.69 Å². The Labute approximate surface area is 96.9 Å². The Balaban J connectivity index is 2.36. The quantitative estimate of drug-likeness (QED) is 0.578. The smallest absolute Gasteiger partial charge is 0.358 e. The second-order valence-corrected chi connectivity index (χ2v) is 3.17. The van der Waals surface area contributed by atoms with Gasteiger partial charge in [-0.05, 0) is 12.1 Å². The van der Waals surface area contributed by atoms with Crippen LogP contribution in [0.15, 0.2) is 30.7 Å². The standard InChI is InChI=1S/C11H9N3O3/c1-17-11(16)9-5-13-10(6-12-9)14-4-2-3-8(14)7-15/h2-7H,1H3. The number of hydrogen-bond donors (Lipinski definition) is 0. The summed E-state index contributed by atoms with van der Waals surface area (Å²) >= 11 is 0. The van der Waals surface area contributed by atoms with Gasteiger partial charge in [0.2, 0.25) is 0 Å². The molecule has 0 aliphatic carbocycles. The lowest BCUT2D eigenvalue weighted by molar-refractivity contribution is 0.0593. The summed E-state index contributed by atoms with van der Waals surface area (Å²) in [6.07, 6.45) is 5.11. The molecule has 2 heterocycles. The molecule has 0 saturated carbocycles. The van der Waals surface area contributed by atoms with E-state index >= 15 is 0 Å². The van der Waals surface area contributed by atoms with E-state index in [1.165, 1.54) is 19.5 Å². The average Bonchev–Trinajstić information content (AvgIpc) is 2.86. The van der Waals surface area contributed by atoms with Crippen molar-refractivity contribution in [1.82, 2.24) is 14.5 Å². The van der Waals surface area contributed by atoms with Gasteiger partial charge < -0.3 is 4.74 Å². The first-order valence-corrected chi connectivity index (χ1v) is 4.79. The van der Waals surface area contributed by atoms with Gasteiger partial charge in [-0.15, -0.1) is 0 Å². The Morgan fingerprint density at radius 3 is 2.82 bits per heavy atom. The van der Waals surface area contributed by atoms with Gasteiger partial charge in [0.15, 0.2) is 17.8 Å². The van der Waals surface area contributed by atoms with E-state index in [4.69, 9.17) is 0 Å². The van der Waals surface area contributed by atoms with Crippen LogP contribution in [0.1, 0.15) is 21.0 Å². The van der Waals surface area contributed by atoms with E-state index in [9.17, 15) is 9.59 Å². The largest absolute Gasteiger partial charge is 0.464 e. The summed E-state index contributed by atoms with van der Waals surface area (Å²) < 4.78 is 6.08. The van der Waals surface area contributed by atoms with Crippen molar-refractivity contribution in [2.75, 3.05) is 7.11 Å². The monoisotopic (exact) mass is 231 g/mol. The van der Waals surface area contributed by atoms with E-state index in [0.29, 0.717) is 11.5 Å². The van der Waals surface area contributed by atoms with Crippen molar-refractivity contribution >= 4 is 12.3 Å². The molecule has 0 unspecified atom stereocenters. The van der Waals surface area contributed by atoms with Crippen molar-refractivity contribution in [3.8, 4) is 5.82 Å². The van der Waals surface area contributed by atoms with E-state index in [1.54, 1.807) is 22.9 Å². The number of methoxy groups -OCH3 is 1. The number of ether oxygens (including phenoxy) is 1. The van der Waals surface area contributed by atoms with Crippen molar-refractivity contribution in [3.63, 3.8) is 0 Å². The van der Waals surface area contributed by atoms with Crippen molar-refractivity contribution in [3.05, 3.63) is 42.1 Å². The molecule has 17 heavy (non-hydrogen) atoms. The van der Waals surface area contributed by atoms with E-state index in [0.717, 1.165) is 6.29 Å². The maximum atomic E-state index is 11.1. The van der Waals surface area contributed by atoms with Crippen molar-refractivity contribution in [1.29, 1.82) is 0 Å². The summed E-state index contributed by atoms with van der Waals surface area (Å²) in [4.78, 5) is 29.8. The van der Waals surface area contributed by atoms with Crippen LogP contribution in [0.2, 0.25) is 0 Å². The molecular weight excluding hydrogens is 222 g/mol. The van der Waals surface area contributed by atoms with Crippen LogP contribution in [0.4, 0.5) is 0 Å². The van der Waals surface area contributed by atoms with Crippen molar-refractivity contribution < 1.29 is 14.3 Å². The topological polar surface area (TPSA) is 74.1 Å². The molecule has 0 aromatic carbocycles. The first-order valence-electron chi connectivity index (χ1n) is 4.79. The van der Waals surface area contributed by atoms with Crippen LogP contribution in [0.5, 0.6) is 0 Å². The molecule has 0 aliphatic rings. The Hall–Kier alpha value is -2.50. The summed E-state index contributed by atoms with van der Waals surface area (Å²) in [5, 5.41) is 0. The zero-order valence-electron chi connectivity index (χ0n) is 9.03. The van der Waals surface area contributed by atoms with Gasteiger partial charge in [-0.25, -0.2) is 14.8 Å². The third-order valence-electron chi connectivity index (χ3n) is 2.18. The molecule has 6 nitrogen and oxygen atoms in total. The maximum absolute atomic E-state index is 11.1.